The molecule has 0 atom stereocenters. The van der Waals surface area contributed by atoms with Crippen molar-refractivity contribution in [1.82, 2.24) is 5.32 Å². The van der Waals surface area contributed by atoms with Gasteiger partial charge in [0.15, 0.2) is 0 Å². The Morgan fingerprint density at radius 3 is 1.93 bits per heavy atom. The number of nitrogens with one attached hydrogen (secondary N) is 1. The second kappa shape index (κ2) is 3.84. The molecule has 1 amide bonds. The van der Waals surface area contributed by atoms with E-state index in [-0.39, 0.29) is 16.9 Å². The summed E-state index contributed by atoms with van der Waals surface area (Å²) >= 11 is 0. The molecule has 0 fully saturated rings. The minimum absolute atomic E-state index is 0.0983. The van der Waals surface area contributed by atoms with E-state index in [1.54, 1.807) is 0 Å². The van der Waals surface area contributed by atoms with Crippen LogP contribution >= 0.6 is 0 Å². The van der Waals surface area contributed by atoms with E-state index in [0.29, 0.717) is 5.92 Å². The maximum Gasteiger partial charge on any atom is 0.225 e. The minimum Gasteiger partial charge on any atom is -0.350 e. The largest absolute Gasteiger partial charge is 0.350 e. The summed E-state index contributed by atoms with van der Waals surface area (Å²) in [4.78, 5) is 11.9. The first-order chi connectivity index (χ1) is 6.73. The summed E-state index contributed by atoms with van der Waals surface area (Å²) in [6.07, 6.45) is 8.28. The van der Waals surface area contributed by atoms with Gasteiger partial charge in [-0.05, 0) is 13.8 Å². The van der Waals surface area contributed by atoms with Crippen molar-refractivity contribution in [3.05, 3.63) is 24.3 Å². The second-order valence-electron chi connectivity index (χ2n) is 5.72. The third-order valence-corrected chi connectivity index (χ3v) is 2.70. The van der Waals surface area contributed by atoms with Crippen LogP contribution in [0.5, 0.6) is 0 Å². The summed E-state index contributed by atoms with van der Waals surface area (Å²) in [5, 5.41) is 3.10. The zero-order chi connectivity index (χ0) is 11.7. The van der Waals surface area contributed by atoms with Crippen LogP contribution in [0, 0.1) is 11.3 Å². The summed E-state index contributed by atoms with van der Waals surface area (Å²) in [6, 6.07) is 0. The van der Waals surface area contributed by atoms with Gasteiger partial charge in [0.1, 0.15) is 0 Å². The summed E-state index contributed by atoms with van der Waals surface area (Å²) in [5.41, 5.74) is -0.544. The smallest absolute Gasteiger partial charge is 0.225 e. The van der Waals surface area contributed by atoms with E-state index in [0.717, 1.165) is 0 Å². The molecule has 1 aliphatic carbocycles. The lowest BCUT2D eigenvalue weighted by molar-refractivity contribution is -0.130. The predicted molar refractivity (Wildman–Crippen MR) is 63.4 cm³/mol. The van der Waals surface area contributed by atoms with Crippen molar-refractivity contribution in [1.29, 1.82) is 0 Å². The Kier molecular flexibility index (Phi) is 3.08. The van der Waals surface area contributed by atoms with Gasteiger partial charge in [0.05, 0.1) is 0 Å². The zero-order valence-electron chi connectivity index (χ0n) is 10.3. The van der Waals surface area contributed by atoms with E-state index in [4.69, 9.17) is 0 Å². The maximum absolute atomic E-state index is 11.9. The molecule has 0 saturated heterocycles. The average molecular weight is 207 g/mol. The Morgan fingerprint density at radius 2 is 1.53 bits per heavy atom. The third-order valence-electron chi connectivity index (χ3n) is 2.70. The molecule has 0 aromatic rings. The van der Waals surface area contributed by atoms with Gasteiger partial charge in [-0.25, -0.2) is 0 Å². The molecular formula is C13H21NO. The molecule has 2 nitrogen and oxygen atoms in total. The maximum atomic E-state index is 11.9. The predicted octanol–water partition coefficient (Wildman–Crippen LogP) is 2.67. The highest BCUT2D eigenvalue weighted by molar-refractivity contribution is 5.82. The molecule has 0 unspecified atom stereocenters. The third kappa shape index (κ3) is 2.95. The molecule has 0 spiro atoms. The van der Waals surface area contributed by atoms with Gasteiger partial charge in [0.2, 0.25) is 5.91 Å². The number of hydrogen-bond donors (Lipinski definition) is 1. The first-order valence-electron chi connectivity index (χ1n) is 5.41. The Balaban J connectivity index is 2.68. The summed E-state index contributed by atoms with van der Waals surface area (Å²) in [6.45, 7) is 9.90. The molecule has 0 heterocycles. The van der Waals surface area contributed by atoms with Crippen molar-refractivity contribution < 1.29 is 4.79 Å². The lowest BCUT2D eigenvalue weighted by Gasteiger charge is -2.33. The van der Waals surface area contributed by atoms with Crippen LogP contribution in [0.3, 0.4) is 0 Å². The molecule has 1 rings (SSSR count). The molecule has 2 heteroatoms. The number of allylic oxidation sites excluding steroid dienone is 2. The molecule has 0 aromatic heterocycles. The summed E-state index contributed by atoms with van der Waals surface area (Å²) in [5.74, 6) is 0.394. The van der Waals surface area contributed by atoms with Crippen LogP contribution in [0.4, 0.5) is 0 Å². The monoisotopic (exact) mass is 207 g/mol. The molecule has 0 aliphatic heterocycles. The molecule has 0 aromatic carbocycles. The molecular weight excluding hydrogens is 186 g/mol. The Morgan fingerprint density at radius 1 is 1.07 bits per heavy atom. The van der Waals surface area contributed by atoms with Crippen molar-refractivity contribution in [2.45, 2.75) is 40.2 Å². The van der Waals surface area contributed by atoms with Crippen LogP contribution in [0.15, 0.2) is 24.3 Å². The Hall–Kier alpha value is -1.05. The van der Waals surface area contributed by atoms with Gasteiger partial charge < -0.3 is 5.32 Å². The van der Waals surface area contributed by atoms with E-state index < -0.39 is 0 Å². The van der Waals surface area contributed by atoms with Crippen LogP contribution in [0.25, 0.3) is 0 Å². The fraction of sp³-hybridized carbons (Fsp3) is 0.615. The van der Waals surface area contributed by atoms with Gasteiger partial charge in [0.25, 0.3) is 0 Å². The second-order valence-corrected chi connectivity index (χ2v) is 5.72. The number of carbonyl (C=O) groups excluding carboxylic acids is 1. The highest BCUT2D eigenvalue weighted by Gasteiger charge is 2.32. The van der Waals surface area contributed by atoms with Crippen molar-refractivity contribution in [3.63, 3.8) is 0 Å². The van der Waals surface area contributed by atoms with Crippen LogP contribution in [0.1, 0.15) is 34.6 Å². The highest BCUT2D eigenvalue weighted by Crippen LogP contribution is 2.25. The van der Waals surface area contributed by atoms with Gasteiger partial charge in [-0.15, -0.1) is 0 Å². The van der Waals surface area contributed by atoms with Gasteiger partial charge in [0, 0.05) is 16.9 Å². The van der Waals surface area contributed by atoms with Crippen molar-refractivity contribution in [2.75, 3.05) is 0 Å². The zero-order valence-corrected chi connectivity index (χ0v) is 10.3. The lowest BCUT2D eigenvalue weighted by Crippen LogP contribution is -2.51. The first kappa shape index (κ1) is 12.0. The fourth-order valence-electron chi connectivity index (χ4n) is 1.48. The van der Waals surface area contributed by atoms with Gasteiger partial charge in [-0.2, -0.15) is 0 Å². The normalized spacial score (nSPS) is 17.1. The van der Waals surface area contributed by atoms with Gasteiger partial charge >= 0.3 is 0 Å². The van der Waals surface area contributed by atoms with Gasteiger partial charge in [-0.3, -0.25) is 4.79 Å². The fourth-order valence-corrected chi connectivity index (χ4v) is 1.48. The molecule has 0 bridgehead atoms. The summed E-state index contributed by atoms with van der Waals surface area (Å²) < 4.78 is 0. The molecule has 1 N–H and O–H groups in total. The standard InChI is InChI=1S/C13H21NO/c1-12(2,3)11(15)14-13(4,5)10-8-6-7-9-10/h6-10H,1-5H3,(H,14,15). The molecule has 0 radical (unpaired) electrons. The molecule has 15 heavy (non-hydrogen) atoms. The SMILES string of the molecule is CC(C)(C)C(=O)NC(C)(C)C1C=CC=C1. The van der Waals surface area contributed by atoms with E-state index in [1.807, 2.05) is 32.9 Å². The van der Waals surface area contributed by atoms with Crippen molar-refractivity contribution in [2.24, 2.45) is 11.3 Å². The molecule has 84 valence electrons. The van der Waals surface area contributed by atoms with Crippen LogP contribution in [-0.2, 0) is 4.79 Å². The van der Waals surface area contributed by atoms with Crippen LogP contribution in [0.2, 0.25) is 0 Å². The van der Waals surface area contributed by atoms with E-state index in [2.05, 4.69) is 31.3 Å². The number of carbonyl (C=O) groups is 1. The number of amides is 1. The lowest BCUT2D eigenvalue weighted by atomic mass is 9.86. The van der Waals surface area contributed by atoms with Crippen molar-refractivity contribution in [3.8, 4) is 0 Å². The van der Waals surface area contributed by atoms with Crippen LogP contribution in [-0.4, -0.2) is 11.4 Å². The van der Waals surface area contributed by atoms with E-state index in [1.165, 1.54) is 0 Å². The molecule has 0 saturated carbocycles. The van der Waals surface area contributed by atoms with E-state index >= 15 is 0 Å². The Bertz CT molecular complexity index is 293. The van der Waals surface area contributed by atoms with Gasteiger partial charge in [-0.1, -0.05) is 45.1 Å². The van der Waals surface area contributed by atoms with Crippen molar-refractivity contribution >= 4 is 5.91 Å². The quantitative estimate of drug-likeness (QED) is 0.741. The van der Waals surface area contributed by atoms with Crippen LogP contribution < -0.4 is 5.32 Å². The topological polar surface area (TPSA) is 29.1 Å². The number of rotatable bonds is 2. The minimum atomic E-state index is -0.330. The highest BCUT2D eigenvalue weighted by atomic mass is 16.2. The summed E-state index contributed by atoms with van der Waals surface area (Å²) in [7, 11) is 0. The Labute approximate surface area is 92.4 Å². The number of hydrogen-bond acceptors (Lipinski definition) is 1. The first-order valence-corrected chi connectivity index (χ1v) is 5.41. The molecule has 1 aliphatic rings. The van der Waals surface area contributed by atoms with E-state index in [9.17, 15) is 4.79 Å². The average Bonchev–Trinajstić information content (AvgIpc) is 2.52.